The summed E-state index contributed by atoms with van der Waals surface area (Å²) in [6.07, 6.45) is 13.4. The third-order valence-corrected chi connectivity index (χ3v) is 3.00. The number of ether oxygens (including phenoxy) is 1. The molecule has 0 aliphatic rings. The van der Waals surface area contributed by atoms with Crippen LogP contribution in [0.25, 0.3) is 6.08 Å². The first kappa shape index (κ1) is 19.1. The van der Waals surface area contributed by atoms with Crippen molar-refractivity contribution < 1.29 is 9.53 Å². The molecule has 0 saturated heterocycles. The molecule has 6 heteroatoms. The van der Waals surface area contributed by atoms with E-state index in [1.165, 1.54) is 6.92 Å². The monoisotopic (exact) mass is 343 g/mol. The van der Waals surface area contributed by atoms with E-state index < -0.39 is 0 Å². The second kappa shape index (κ2) is 9.93. The van der Waals surface area contributed by atoms with Gasteiger partial charge in [-0.2, -0.15) is 0 Å². The SMILES string of the molecule is C#C.CC(=O)NC/C=C/c1ccc(Oc2ccc(N)cc2Cl)nc1. The molecule has 0 saturated carbocycles. The summed E-state index contributed by atoms with van der Waals surface area (Å²) in [5.74, 6) is 0.870. The third kappa shape index (κ3) is 6.42. The van der Waals surface area contributed by atoms with Crippen molar-refractivity contribution in [1.82, 2.24) is 10.3 Å². The van der Waals surface area contributed by atoms with Gasteiger partial charge in [-0.25, -0.2) is 4.98 Å². The molecule has 1 aromatic heterocycles. The van der Waals surface area contributed by atoms with Gasteiger partial charge in [-0.05, 0) is 29.8 Å². The van der Waals surface area contributed by atoms with E-state index in [-0.39, 0.29) is 5.91 Å². The van der Waals surface area contributed by atoms with Crippen molar-refractivity contribution in [1.29, 1.82) is 0 Å². The molecular formula is C18H18ClN3O2. The Balaban J connectivity index is 0.00000139. The minimum Gasteiger partial charge on any atom is -0.437 e. The van der Waals surface area contributed by atoms with Crippen LogP contribution in [0.4, 0.5) is 5.69 Å². The number of nitrogens with zero attached hydrogens (tertiary/aromatic N) is 1. The molecule has 0 aliphatic heterocycles. The Morgan fingerprint density at radius 3 is 2.71 bits per heavy atom. The van der Waals surface area contributed by atoms with Crippen molar-refractivity contribution in [3.05, 3.63) is 53.2 Å². The lowest BCUT2D eigenvalue weighted by Crippen LogP contribution is -2.19. The van der Waals surface area contributed by atoms with Crippen LogP contribution in [0.2, 0.25) is 5.02 Å². The average molecular weight is 344 g/mol. The second-order valence-corrected chi connectivity index (χ2v) is 4.97. The zero-order chi connectivity index (χ0) is 17.9. The summed E-state index contributed by atoms with van der Waals surface area (Å²) in [5, 5.41) is 3.11. The van der Waals surface area contributed by atoms with Gasteiger partial charge in [-0.3, -0.25) is 4.79 Å². The fourth-order valence-corrected chi connectivity index (χ4v) is 1.89. The average Bonchev–Trinajstić information content (AvgIpc) is 2.57. The minimum absolute atomic E-state index is 0.0631. The van der Waals surface area contributed by atoms with E-state index in [4.69, 9.17) is 22.1 Å². The molecule has 5 nitrogen and oxygen atoms in total. The van der Waals surface area contributed by atoms with Crippen molar-refractivity contribution in [2.75, 3.05) is 12.3 Å². The number of hydrogen-bond acceptors (Lipinski definition) is 4. The van der Waals surface area contributed by atoms with Crippen LogP contribution in [-0.2, 0) is 4.79 Å². The number of rotatable bonds is 5. The zero-order valence-electron chi connectivity index (χ0n) is 13.2. The number of hydrogen-bond donors (Lipinski definition) is 2. The van der Waals surface area contributed by atoms with Gasteiger partial charge in [0.1, 0.15) is 5.75 Å². The predicted molar refractivity (Wildman–Crippen MR) is 97.8 cm³/mol. The van der Waals surface area contributed by atoms with Gasteiger partial charge in [-0.15, -0.1) is 12.8 Å². The van der Waals surface area contributed by atoms with Crippen molar-refractivity contribution in [3.63, 3.8) is 0 Å². The van der Waals surface area contributed by atoms with Gasteiger partial charge in [-0.1, -0.05) is 23.8 Å². The first-order valence-electron chi connectivity index (χ1n) is 6.98. The molecule has 0 spiro atoms. The van der Waals surface area contributed by atoms with Crippen LogP contribution >= 0.6 is 11.6 Å². The summed E-state index contributed by atoms with van der Waals surface area (Å²) >= 11 is 6.04. The normalized spacial score (nSPS) is 9.83. The van der Waals surface area contributed by atoms with Gasteiger partial charge in [0.2, 0.25) is 11.8 Å². The Bertz CT molecular complexity index is 725. The lowest BCUT2D eigenvalue weighted by Gasteiger charge is -2.07. The van der Waals surface area contributed by atoms with Crippen LogP contribution in [0.3, 0.4) is 0 Å². The van der Waals surface area contributed by atoms with Gasteiger partial charge in [0.25, 0.3) is 0 Å². The lowest BCUT2D eigenvalue weighted by molar-refractivity contribution is -0.118. The summed E-state index contributed by atoms with van der Waals surface area (Å²) in [5.41, 5.74) is 7.11. The Morgan fingerprint density at radius 2 is 2.12 bits per heavy atom. The van der Waals surface area contributed by atoms with Crippen molar-refractivity contribution >= 4 is 29.3 Å². The summed E-state index contributed by atoms with van der Waals surface area (Å²) < 4.78 is 5.60. The molecule has 2 aromatic rings. The largest absolute Gasteiger partial charge is 0.437 e. The van der Waals surface area contributed by atoms with Crippen molar-refractivity contribution in [2.24, 2.45) is 0 Å². The minimum atomic E-state index is -0.0631. The fraction of sp³-hybridized carbons (Fsp3) is 0.111. The molecule has 1 aromatic carbocycles. The van der Waals surface area contributed by atoms with E-state index in [1.807, 2.05) is 18.2 Å². The number of pyridine rings is 1. The highest BCUT2D eigenvalue weighted by Gasteiger charge is 2.04. The van der Waals surface area contributed by atoms with E-state index in [0.717, 1.165) is 5.56 Å². The van der Waals surface area contributed by atoms with Gasteiger partial charge in [0.05, 0.1) is 5.02 Å². The van der Waals surface area contributed by atoms with Gasteiger partial charge in [0, 0.05) is 31.4 Å². The van der Waals surface area contributed by atoms with Gasteiger partial charge < -0.3 is 15.8 Å². The molecule has 0 bridgehead atoms. The quantitative estimate of drug-likeness (QED) is 0.643. The van der Waals surface area contributed by atoms with Crippen LogP contribution in [0.5, 0.6) is 11.6 Å². The first-order chi connectivity index (χ1) is 11.5. The number of carbonyl (C=O) groups is 1. The number of anilines is 1. The first-order valence-corrected chi connectivity index (χ1v) is 7.35. The molecule has 24 heavy (non-hydrogen) atoms. The Labute approximate surface area is 146 Å². The molecule has 0 fully saturated rings. The number of nitrogens with two attached hydrogens (primary N) is 1. The van der Waals surface area contributed by atoms with E-state index in [9.17, 15) is 4.79 Å². The maximum atomic E-state index is 10.7. The van der Waals surface area contributed by atoms with Crippen LogP contribution in [0, 0.1) is 12.8 Å². The molecule has 1 heterocycles. The maximum absolute atomic E-state index is 10.7. The molecule has 0 unspecified atom stereocenters. The standard InChI is InChI=1S/C16H16ClN3O2.C2H2/c1-11(21)19-8-2-3-12-4-7-16(20-10-12)22-15-6-5-13(18)9-14(15)17;1-2/h2-7,9-10H,8,18H2,1H3,(H,19,21);1-2H/b3-2+;. The van der Waals surface area contributed by atoms with Crippen LogP contribution in [-0.4, -0.2) is 17.4 Å². The highest BCUT2D eigenvalue weighted by molar-refractivity contribution is 6.32. The summed E-state index contributed by atoms with van der Waals surface area (Å²) in [7, 11) is 0. The number of carbonyl (C=O) groups excluding carboxylic acids is 1. The van der Waals surface area contributed by atoms with Gasteiger partial charge in [0.15, 0.2) is 0 Å². The number of amides is 1. The number of benzene rings is 1. The van der Waals surface area contributed by atoms with Crippen LogP contribution < -0.4 is 15.8 Å². The van der Waals surface area contributed by atoms with E-state index >= 15 is 0 Å². The second-order valence-electron chi connectivity index (χ2n) is 4.56. The summed E-state index contributed by atoms with van der Waals surface area (Å²) in [4.78, 5) is 14.9. The van der Waals surface area contributed by atoms with Crippen molar-refractivity contribution in [2.45, 2.75) is 6.92 Å². The maximum Gasteiger partial charge on any atom is 0.219 e. The van der Waals surface area contributed by atoms with Crippen LogP contribution in [0.15, 0.2) is 42.6 Å². The van der Waals surface area contributed by atoms with E-state index in [2.05, 4.69) is 23.1 Å². The third-order valence-electron chi connectivity index (χ3n) is 2.71. The molecule has 0 aliphatic carbocycles. The molecular weight excluding hydrogens is 326 g/mol. The molecule has 2 rings (SSSR count). The molecule has 0 radical (unpaired) electrons. The number of terminal acetylenes is 1. The van der Waals surface area contributed by atoms with E-state index in [0.29, 0.717) is 28.9 Å². The molecule has 124 valence electrons. The Hall–Kier alpha value is -2.97. The summed E-state index contributed by atoms with van der Waals surface area (Å²) in [6.45, 7) is 1.96. The molecule has 0 atom stereocenters. The van der Waals surface area contributed by atoms with Crippen molar-refractivity contribution in [3.8, 4) is 24.5 Å². The molecule has 1 amide bonds. The Kier molecular flexibility index (Phi) is 7.89. The number of nitrogen functional groups attached to an aromatic ring is 1. The number of nitrogens with one attached hydrogen (secondary N) is 1. The predicted octanol–water partition coefficient (Wildman–Crippen LogP) is 3.51. The topological polar surface area (TPSA) is 77.2 Å². The van der Waals surface area contributed by atoms with E-state index in [1.54, 1.807) is 30.5 Å². The van der Waals surface area contributed by atoms with Gasteiger partial charge >= 0.3 is 0 Å². The van der Waals surface area contributed by atoms with Crippen LogP contribution in [0.1, 0.15) is 12.5 Å². The summed E-state index contributed by atoms with van der Waals surface area (Å²) in [6, 6.07) is 8.62. The highest BCUT2D eigenvalue weighted by atomic mass is 35.5. The zero-order valence-corrected chi connectivity index (χ0v) is 14.0. The fourth-order valence-electron chi connectivity index (χ4n) is 1.66. The molecule has 3 N–H and O–H groups in total. The Morgan fingerprint density at radius 1 is 1.38 bits per heavy atom. The number of aromatic nitrogens is 1. The number of halogens is 1. The smallest absolute Gasteiger partial charge is 0.219 e. The highest BCUT2D eigenvalue weighted by Crippen LogP contribution is 2.29. The lowest BCUT2D eigenvalue weighted by atomic mass is 10.2.